The van der Waals surface area contributed by atoms with Gasteiger partial charge in [0, 0.05) is 37.6 Å². The van der Waals surface area contributed by atoms with Crippen molar-refractivity contribution in [2.45, 2.75) is 36.9 Å². The Balaban J connectivity index is 1.50. The lowest BCUT2D eigenvalue weighted by Crippen LogP contribution is -2.52. The van der Waals surface area contributed by atoms with E-state index < -0.39 is 47.9 Å². The maximum atomic E-state index is 13.8. The highest BCUT2D eigenvalue weighted by molar-refractivity contribution is 5.58. The highest BCUT2D eigenvalue weighted by Crippen LogP contribution is 2.39. The van der Waals surface area contributed by atoms with Crippen molar-refractivity contribution in [3.8, 4) is 16.9 Å². The molecule has 2 aromatic heterocycles. The first-order chi connectivity index (χ1) is 18.7. The van der Waals surface area contributed by atoms with Gasteiger partial charge in [0.1, 0.15) is 36.4 Å². The van der Waals surface area contributed by atoms with Crippen LogP contribution in [0.5, 0.6) is 0 Å². The molecular formula is C25H26F3N7O4. The summed E-state index contributed by atoms with van der Waals surface area (Å²) in [6, 6.07) is 7.88. The van der Waals surface area contributed by atoms with Gasteiger partial charge in [0.15, 0.2) is 23.3 Å². The van der Waals surface area contributed by atoms with Gasteiger partial charge < -0.3 is 25.0 Å². The van der Waals surface area contributed by atoms with Gasteiger partial charge in [0.05, 0.1) is 12.3 Å². The zero-order chi connectivity index (χ0) is 27.8. The van der Waals surface area contributed by atoms with E-state index in [1.54, 1.807) is 4.57 Å². The number of rotatable bonds is 7. The van der Waals surface area contributed by atoms with E-state index in [0.717, 1.165) is 22.5 Å². The lowest BCUT2D eigenvalue weighted by atomic mass is 9.90. The van der Waals surface area contributed by atoms with Crippen LogP contribution in [0, 0.1) is 17.5 Å². The number of aliphatic hydroxyl groups excluding tert-OH is 3. The smallest absolute Gasteiger partial charge is 0.194 e. The monoisotopic (exact) mass is 545 g/mol. The van der Waals surface area contributed by atoms with Crippen LogP contribution in [0.4, 0.5) is 18.9 Å². The number of aromatic nitrogens is 6. The highest BCUT2D eigenvalue weighted by Gasteiger charge is 2.48. The van der Waals surface area contributed by atoms with Crippen LogP contribution in [0.2, 0.25) is 0 Å². The number of benzene rings is 2. The topological polar surface area (TPSA) is 135 Å². The molecule has 1 fully saturated rings. The number of anilines is 1. The molecule has 0 bridgehead atoms. The summed E-state index contributed by atoms with van der Waals surface area (Å²) in [7, 11) is 3.83. The molecule has 0 amide bonds. The van der Waals surface area contributed by atoms with E-state index in [4.69, 9.17) is 4.74 Å². The Morgan fingerprint density at radius 3 is 2.33 bits per heavy atom. The number of ether oxygens (including phenoxy) is 1. The first kappa shape index (κ1) is 26.7. The molecule has 39 heavy (non-hydrogen) atoms. The van der Waals surface area contributed by atoms with Crippen LogP contribution in [0.15, 0.2) is 48.9 Å². The minimum atomic E-state index is -1.61. The second kappa shape index (κ2) is 10.7. The minimum absolute atomic E-state index is 0.0156. The normalized spacial score (nSPS) is 23.2. The average molecular weight is 546 g/mol. The fourth-order valence-electron chi connectivity index (χ4n) is 4.65. The Bertz CT molecular complexity index is 1420. The molecule has 5 atom stereocenters. The van der Waals surface area contributed by atoms with Crippen molar-refractivity contribution in [3.63, 3.8) is 0 Å². The molecule has 4 aromatic rings. The number of halogens is 3. The third-order valence-corrected chi connectivity index (χ3v) is 6.69. The first-order valence-electron chi connectivity index (χ1n) is 12.1. The second-order valence-electron chi connectivity index (χ2n) is 9.39. The standard InChI is InChI=1S/C25H26F3N7O4/c1-33(2)14-3-5-15(6-4-14)34-12-29-31-25(34)24-23(38)21(22(37)19(39-24)7-8-36)35-11-18(30-32-35)13-9-16(26)20(28)17(27)10-13/h3-6,9-12,19,21-24,36-38H,7-8H2,1-2H3/t19-,21+,22+,23-,24-/m1/s1. The molecule has 11 nitrogen and oxygen atoms in total. The van der Waals surface area contributed by atoms with Gasteiger partial charge in [-0.2, -0.15) is 0 Å². The van der Waals surface area contributed by atoms with Crippen LogP contribution in [0.3, 0.4) is 0 Å². The van der Waals surface area contributed by atoms with Crippen molar-refractivity contribution in [1.82, 2.24) is 29.8 Å². The maximum Gasteiger partial charge on any atom is 0.194 e. The predicted molar refractivity (Wildman–Crippen MR) is 131 cm³/mol. The van der Waals surface area contributed by atoms with Crippen molar-refractivity contribution in [2.75, 3.05) is 25.6 Å². The fourth-order valence-corrected chi connectivity index (χ4v) is 4.65. The van der Waals surface area contributed by atoms with Gasteiger partial charge in [-0.3, -0.25) is 4.57 Å². The number of hydrogen-bond acceptors (Lipinski definition) is 9. The Labute approximate surface area is 220 Å². The molecule has 3 N–H and O–H groups in total. The number of nitrogens with zero attached hydrogens (tertiary/aromatic N) is 7. The quantitative estimate of drug-likeness (QED) is 0.297. The zero-order valence-electron chi connectivity index (χ0n) is 20.9. The van der Waals surface area contributed by atoms with Crippen LogP contribution >= 0.6 is 0 Å². The summed E-state index contributed by atoms with van der Waals surface area (Å²) in [5, 5.41) is 48.1. The van der Waals surface area contributed by atoms with E-state index in [2.05, 4.69) is 20.5 Å². The molecule has 0 aliphatic carbocycles. The molecule has 2 aromatic carbocycles. The third kappa shape index (κ3) is 4.98. The largest absolute Gasteiger partial charge is 0.396 e. The van der Waals surface area contributed by atoms with E-state index in [-0.39, 0.29) is 30.1 Å². The molecule has 1 aliphatic rings. The van der Waals surface area contributed by atoms with Crippen LogP contribution in [0.1, 0.15) is 24.4 Å². The molecule has 0 saturated carbocycles. The summed E-state index contributed by atoms with van der Waals surface area (Å²) in [5.74, 6) is -4.17. The summed E-state index contributed by atoms with van der Waals surface area (Å²) < 4.78 is 49.8. The molecule has 14 heteroatoms. The zero-order valence-corrected chi connectivity index (χ0v) is 20.9. The summed E-state index contributed by atoms with van der Waals surface area (Å²) in [6.07, 6.45) is -2.08. The Morgan fingerprint density at radius 2 is 1.69 bits per heavy atom. The third-order valence-electron chi connectivity index (χ3n) is 6.69. The number of hydrogen-bond donors (Lipinski definition) is 3. The van der Waals surface area contributed by atoms with Gasteiger partial charge in [0.2, 0.25) is 0 Å². The molecule has 5 rings (SSSR count). The SMILES string of the molecule is CN(C)c1ccc(-n2cnnc2[C@@H]2O[C@H](CCO)[C@H](O)[C@H](n3cc(-c4cc(F)c(F)c(F)c4)nn3)[C@H]2O)cc1. The highest BCUT2D eigenvalue weighted by atomic mass is 19.2. The van der Waals surface area contributed by atoms with Crippen molar-refractivity contribution in [3.05, 3.63) is 72.2 Å². The minimum Gasteiger partial charge on any atom is -0.396 e. The summed E-state index contributed by atoms with van der Waals surface area (Å²) in [6.45, 7) is -0.313. The lowest BCUT2D eigenvalue weighted by Gasteiger charge is -2.42. The van der Waals surface area contributed by atoms with E-state index in [0.29, 0.717) is 5.69 Å². The van der Waals surface area contributed by atoms with Crippen molar-refractivity contribution >= 4 is 5.69 Å². The van der Waals surface area contributed by atoms with Crippen LogP contribution in [-0.4, -0.2) is 84.1 Å². The summed E-state index contributed by atoms with van der Waals surface area (Å²) in [4.78, 5) is 1.94. The Kier molecular flexibility index (Phi) is 7.36. The Hall–Kier alpha value is -3.85. The maximum absolute atomic E-state index is 13.8. The fraction of sp³-hybridized carbons (Fsp3) is 0.360. The molecule has 1 saturated heterocycles. The van der Waals surface area contributed by atoms with Gasteiger partial charge in [0.25, 0.3) is 0 Å². The van der Waals surface area contributed by atoms with E-state index in [9.17, 15) is 28.5 Å². The van der Waals surface area contributed by atoms with Crippen molar-refractivity contribution in [1.29, 1.82) is 0 Å². The van der Waals surface area contributed by atoms with Crippen LogP contribution in [0.25, 0.3) is 16.9 Å². The molecule has 0 radical (unpaired) electrons. The molecule has 206 valence electrons. The first-order valence-corrected chi connectivity index (χ1v) is 12.1. The van der Waals surface area contributed by atoms with Gasteiger partial charge >= 0.3 is 0 Å². The second-order valence-corrected chi connectivity index (χ2v) is 9.39. The average Bonchev–Trinajstić information content (AvgIpc) is 3.59. The van der Waals surface area contributed by atoms with E-state index in [1.807, 2.05) is 43.3 Å². The molecule has 1 aliphatic heterocycles. The summed E-state index contributed by atoms with van der Waals surface area (Å²) in [5.41, 5.74) is 1.56. The van der Waals surface area contributed by atoms with Crippen LogP contribution in [-0.2, 0) is 4.74 Å². The van der Waals surface area contributed by atoms with Crippen molar-refractivity contribution in [2.24, 2.45) is 0 Å². The van der Waals surface area contributed by atoms with Gasteiger partial charge in [-0.15, -0.1) is 15.3 Å². The van der Waals surface area contributed by atoms with Crippen LogP contribution < -0.4 is 4.90 Å². The van der Waals surface area contributed by atoms with Gasteiger partial charge in [-0.1, -0.05) is 5.21 Å². The summed E-state index contributed by atoms with van der Waals surface area (Å²) >= 11 is 0. The molecule has 3 heterocycles. The molecular weight excluding hydrogens is 519 g/mol. The molecule has 0 spiro atoms. The van der Waals surface area contributed by atoms with Gasteiger partial charge in [-0.05, 0) is 42.8 Å². The number of aliphatic hydroxyl groups is 3. The molecule has 0 unspecified atom stereocenters. The van der Waals surface area contributed by atoms with E-state index in [1.165, 1.54) is 12.5 Å². The van der Waals surface area contributed by atoms with Gasteiger partial charge in [-0.25, -0.2) is 17.9 Å². The van der Waals surface area contributed by atoms with Crippen molar-refractivity contribution < 1.29 is 33.2 Å². The predicted octanol–water partition coefficient (Wildman–Crippen LogP) is 1.79. The Morgan fingerprint density at radius 1 is 1.00 bits per heavy atom. The lowest BCUT2D eigenvalue weighted by molar-refractivity contribution is -0.205. The van der Waals surface area contributed by atoms with E-state index >= 15 is 0 Å².